The minimum atomic E-state index is -0.720. The van der Waals surface area contributed by atoms with Gasteiger partial charge in [0, 0.05) is 19.5 Å². The smallest absolute Gasteiger partial charge is 0.221 e. The molecule has 26 heavy (non-hydrogen) atoms. The molecule has 5 N–H and O–H groups in total. The molecule has 1 saturated carbocycles. The van der Waals surface area contributed by atoms with Crippen molar-refractivity contribution in [3.8, 4) is 5.75 Å². The minimum Gasteiger partial charge on any atom is -0.491 e. The van der Waals surface area contributed by atoms with Gasteiger partial charge in [0.1, 0.15) is 18.5 Å². The molecule has 0 bridgehead atoms. The maximum absolute atomic E-state index is 11.9. The largest absolute Gasteiger partial charge is 0.491 e. The molecule has 0 radical (unpaired) electrons. The summed E-state index contributed by atoms with van der Waals surface area (Å²) in [6.45, 7) is 2.76. The first-order chi connectivity index (χ1) is 12.7. The Hall–Kier alpha value is -1.63. The van der Waals surface area contributed by atoms with E-state index in [9.17, 15) is 9.90 Å². The zero-order valence-electron chi connectivity index (χ0n) is 15.5. The summed E-state index contributed by atoms with van der Waals surface area (Å²) >= 11 is 0. The van der Waals surface area contributed by atoms with Gasteiger partial charge in [-0.05, 0) is 56.3 Å². The molecule has 0 aliphatic heterocycles. The van der Waals surface area contributed by atoms with Crippen LogP contribution >= 0.6 is 0 Å². The lowest BCUT2D eigenvalue weighted by molar-refractivity contribution is -0.121. The van der Waals surface area contributed by atoms with Crippen molar-refractivity contribution in [3.63, 3.8) is 0 Å². The highest BCUT2D eigenvalue weighted by molar-refractivity contribution is 5.76. The molecule has 1 aromatic rings. The zero-order valence-corrected chi connectivity index (χ0v) is 15.5. The van der Waals surface area contributed by atoms with Gasteiger partial charge in [0.15, 0.2) is 0 Å². The molecule has 1 aromatic carbocycles. The maximum atomic E-state index is 11.9. The Bertz CT molecular complexity index is 512. The van der Waals surface area contributed by atoms with E-state index in [0.29, 0.717) is 30.6 Å². The number of rotatable bonds is 11. The van der Waals surface area contributed by atoms with Gasteiger partial charge in [0.05, 0.1) is 0 Å². The summed E-state index contributed by atoms with van der Waals surface area (Å²) in [5.41, 5.74) is 5.77. The van der Waals surface area contributed by atoms with Crippen molar-refractivity contribution in [2.45, 2.75) is 38.2 Å². The molecular weight excluding hydrogens is 330 g/mol. The molecule has 6 nitrogen and oxygen atoms in total. The van der Waals surface area contributed by atoms with Crippen molar-refractivity contribution in [1.29, 1.82) is 0 Å². The lowest BCUT2D eigenvalue weighted by Crippen LogP contribution is -2.37. The highest BCUT2D eigenvalue weighted by Crippen LogP contribution is 2.27. The molecule has 2 rings (SSSR count). The number of nitrogens with one attached hydrogen (secondary N) is 2. The zero-order chi connectivity index (χ0) is 18.6. The van der Waals surface area contributed by atoms with E-state index in [-0.39, 0.29) is 19.1 Å². The van der Waals surface area contributed by atoms with Crippen LogP contribution in [-0.4, -0.2) is 49.9 Å². The molecule has 1 aliphatic carbocycles. The molecule has 1 amide bonds. The Kier molecular flexibility index (Phi) is 9.45. The molecule has 0 saturated heterocycles. The van der Waals surface area contributed by atoms with Crippen molar-refractivity contribution in [2.24, 2.45) is 17.6 Å². The van der Waals surface area contributed by atoms with E-state index in [1.165, 1.54) is 25.7 Å². The first-order valence-corrected chi connectivity index (χ1v) is 9.70. The Morgan fingerprint density at radius 3 is 2.81 bits per heavy atom. The van der Waals surface area contributed by atoms with Gasteiger partial charge in [-0.15, -0.1) is 0 Å². The van der Waals surface area contributed by atoms with Gasteiger partial charge in [0.2, 0.25) is 5.91 Å². The Morgan fingerprint density at radius 2 is 2.04 bits per heavy atom. The first-order valence-electron chi connectivity index (χ1n) is 9.70. The quantitative estimate of drug-likeness (QED) is 0.444. The SMILES string of the molecule is NCC1CCCC(CNCCC(=O)NCC(O)COc2ccccc2)C1. The summed E-state index contributed by atoms with van der Waals surface area (Å²) in [6, 6.07) is 9.32. The topological polar surface area (TPSA) is 96.6 Å². The van der Waals surface area contributed by atoms with Crippen LogP contribution in [0, 0.1) is 11.8 Å². The van der Waals surface area contributed by atoms with Crippen LogP contribution in [0.5, 0.6) is 5.75 Å². The summed E-state index contributed by atoms with van der Waals surface area (Å²) < 4.78 is 5.46. The van der Waals surface area contributed by atoms with E-state index < -0.39 is 6.10 Å². The van der Waals surface area contributed by atoms with Crippen LogP contribution < -0.4 is 21.1 Å². The number of nitrogens with two attached hydrogens (primary N) is 1. The van der Waals surface area contributed by atoms with Crippen LogP contribution in [0.2, 0.25) is 0 Å². The van der Waals surface area contributed by atoms with E-state index in [1.807, 2.05) is 30.3 Å². The molecule has 3 unspecified atom stereocenters. The third kappa shape index (κ3) is 8.17. The average molecular weight is 364 g/mol. The fraction of sp³-hybridized carbons (Fsp3) is 0.650. The molecule has 3 atom stereocenters. The number of amides is 1. The predicted octanol–water partition coefficient (Wildman–Crippen LogP) is 1.29. The summed E-state index contributed by atoms with van der Waals surface area (Å²) in [7, 11) is 0. The van der Waals surface area contributed by atoms with E-state index >= 15 is 0 Å². The Balaban J connectivity index is 1.49. The van der Waals surface area contributed by atoms with Crippen molar-refractivity contribution in [2.75, 3.05) is 32.8 Å². The average Bonchev–Trinajstić information content (AvgIpc) is 2.69. The van der Waals surface area contributed by atoms with Gasteiger partial charge in [-0.2, -0.15) is 0 Å². The number of hydrogen-bond acceptors (Lipinski definition) is 5. The van der Waals surface area contributed by atoms with E-state index in [0.717, 1.165) is 13.1 Å². The summed E-state index contributed by atoms with van der Waals surface area (Å²) in [4.78, 5) is 11.9. The van der Waals surface area contributed by atoms with Crippen molar-refractivity contribution < 1.29 is 14.6 Å². The predicted molar refractivity (Wildman–Crippen MR) is 103 cm³/mol. The van der Waals surface area contributed by atoms with Gasteiger partial charge >= 0.3 is 0 Å². The number of para-hydroxylation sites is 1. The number of ether oxygens (including phenoxy) is 1. The van der Waals surface area contributed by atoms with Crippen LogP contribution in [0.3, 0.4) is 0 Å². The van der Waals surface area contributed by atoms with Crippen LogP contribution in [0.25, 0.3) is 0 Å². The van der Waals surface area contributed by atoms with Crippen LogP contribution in [0.15, 0.2) is 30.3 Å². The molecule has 146 valence electrons. The molecule has 0 heterocycles. The van der Waals surface area contributed by atoms with Crippen LogP contribution in [0.4, 0.5) is 0 Å². The highest BCUT2D eigenvalue weighted by atomic mass is 16.5. The van der Waals surface area contributed by atoms with E-state index in [4.69, 9.17) is 10.5 Å². The number of hydrogen-bond donors (Lipinski definition) is 4. The standard InChI is InChI=1S/C20H33N3O3/c21-12-16-5-4-6-17(11-16)13-22-10-9-20(25)23-14-18(24)15-26-19-7-2-1-3-8-19/h1-3,7-8,16-18,22,24H,4-6,9-15,21H2,(H,23,25). The Morgan fingerprint density at radius 1 is 1.27 bits per heavy atom. The van der Waals surface area contributed by atoms with Crippen LogP contribution in [0.1, 0.15) is 32.1 Å². The summed E-state index contributed by atoms with van der Waals surface area (Å²) in [5, 5.41) is 16.0. The Labute approximate surface area is 156 Å². The van der Waals surface area contributed by atoms with Gasteiger partial charge in [-0.1, -0.05) is 24.6 Å². The lowest BCUT2D eigenvalue weighted by atomic mass is 9.81. The second-order valence-electron chi connectivity index (χ2n) is 7.17. The molecule has 0 aromatic heterocycles. The fourth-order valence-electron chi connectivity index (χ4n) is 3.40. The molecule has 1 aliphatic rings. The molecule has 6 heteroatoms. The van der Waals surface area contributed by atoms with Gasteiger partial charge < -0.3 is 26.2 Å². The third-order valence-corrected chi connectivity index (χ3v) is 4.91. The van der Waals surface area contributed by atoms with Gasteiger partial charge in [-0.3, -0.25) is 4.79 Å². The lowest BCUT2D eigenvalue weighted by Gasteiger charge is -2.28. The fourth-order valence-corrected chi connectivity index (χ4v) is 3.40. The van der Waals surface area contributed by atoms with E-state index in [1.54, 1.807) is 0 Å². The molecule has 1 fully saturated rings. The third-order valence-electron chi connectivity index (χ3n) is 4.91. The molecular formula is C20H33N3O3. The second kappa shape index (κ2) is 11.9. The van der Waals surface area contributed by atoms with E-state index in [2.05, 4.69) is 10.6 Å². The maximum Gasteiger partial charge on any atom is 0.221 e. The monoisotopic (exact) mass is 363 g/mol. The first kappa shape index (κ1) is 20.7. The van der Waals surface area contributed by atoms with Crippen molar-refractivity contribution in [1.82, 2.24) is 10.6 Å². The number of carbonyl (C=O) groups is 1. The minimum absolute atomic E-state index is 0.0558. The highest BCUT2D eigenvalue weighted by Gasteiger charge is 2.20. The number of aliphatic hydroxyl groups is 1. The second-order valence-corrected chi connectivity index (χ2v) is 7.17. The van der Waals surface area contributed by atoms with Gasteiger partial charge in [0.25, 0.3) is 0 Å². The molecule has 0 spiro atoms. The number of aliphatic hydroxyl groups excluding tert-OH is 1. The summed E-state index contributed by atoms with van der Waals surface area (Å²) in [6.07, 6.45) is 4.66. The van der Waals surface area contributed by atoms with Crippen molar-refractivity contribution >= 4 is 5.91 Å². The number of carbonyl (C=O) groups excluding carboxylic acids is 1. The van der Waals surface area contributed by atoms with Gasteiger partial charge in [-0.25, -0.2) is 0 Å². The number of benzene rings is 1. The normalized spacial score (nSPS) is 21.2. The summed E-state index contributed by atoms with van der Waals surface area (Å²) in [5.74, 6) is 2.00. The van der Waals surface area contributed by atoms with Crippen LogP contribution in [-0.2, 0) is 4.79 Å². The van der Waals surface area contributed by atoms with Crippen molar-refractivity contribution in [3.05, 3.63) is 30.3 Å².